The number of carbonyl (C=O) groups excluding carboxylic acids is 3. The third-order valence-electron chi connectivity index (χ3n) is 8.17. The molecule has 1 N–H and O–H groups in total. The van der Waals surface area contributed by atoms with Crippen LogP contribution in [0.2, 0.25) is 0 Å². The molecule has 2 atom stereocenters. The van der Waals surface area contributed by atoms with Crippen molar-refractivity contribution in [3.8, 4) is 11.1 Å². The molecule has 0 bridgehead atoms. The van der Waals surface area contributed by atoms with Crippen LogP contribution < -0.4 is 0 Å². The maximum Gasteiger partial charge on any atom is 0.409 e. The number of carbonyl (C=O) groups is 3. The number of amides is 3. The Morgan fingerprint density at radius 3 is 2.50 bits per heavy atom. The molecule has 1 unspecified atom stereocenters. The molecule has 0 radical (unpaired) electrons. The number of aliphatic imine (C=N–C) groups is 1. The van der Waals surface area contributed by atoms with Crippen molar-refractivity contribution in [1.29, 1.82) is 0 Å². The van der Waals surface area contributed by atoms with Gasteiger partial charge in [-0.15, -0.1) is 0 Å². The van der Waals surface area contributed by atoms with E-state index in [1.165, 1.54) is 18.9 Å². The Bertz CT molecular complexity index is 1520. The van der Waals surface area contributed by atoms with E-state index in [-0.39, 0.29) is 30.8 Å². The number of benzene rings is 2. The number of methoxy groups -OCH3 is 1. The van der Waals surface area contributed by atoms with Gasteiger partial charge in [0, 0.05) is 37.6 Å². The maximum atomic E-state index is 13.8. The highest BCUT2D eigenvalue weighted by Crippen LogP contribution is 2.36. The van der Waals surface area contributed by atoms with Crippen LogP contribution in [0.1, 0.15) is 18.9 Å². The fourth-order valence-corrected chi connectivity index (χ4v) is 5.96. The molecular weight excluding hydrogens is 512 g/mol. The van der Waals surface area contributed by atoms with E-state index in [2.05, 4.69) is 17.2 Å². The molecule has 11 nitrogen and oxygen atoms in total. The topological polar surface area (TPSA) is 121 Å². The van der Waals surface area contributed by atoms with Crippen LogP contribution in [0.5, 0.6) is 0 Å². The van der Waals surface area contributed by atoms with Crippen molar-refractivity contribution in [2.75, 3.05) is 39.8 Å². The molecule has 3 aliphatic heterocycles. The summed E-state index contributed by atoms with van der Waals surface area (Å²) in [7, 11) is 3.23. The Hall–Kier alpha value is -4.25. The average molecular weight is 545 g/mol. The van der Waals surface area contributed by atoms with E-state index in [9.17, 15) is 19.5 Å². The predicted molar refractivity (Wildman–Crippen MR) is 147 cm³/mol. The zero-order chi connectivity index (χ0) is 28.2. The van der Waals surface area contributed by atoms with E-state index < -0.39 is 17.7 Å². The van der Waals surface area contributed by atoms with Crippen LogP contribution in [0, 0.1) is 5.92 Å². The van der Waals surface area contributed by atoms with Gasteiger partial charge in [0.25, 0.3) is 11.8 Å². The monoisotopic (exact) mass is 544 g/mol. The molecule has 2 saturated heterocycles. The minimum atomic E-state index is -1.05. The molecule has 1 spiro atoms. The van der Waals surface area contributed by atoms with E-state index in [1.54, 1.807) is 9.80 Å². The second kappa shape index (κ2) is 9.74. The number of amidine groups is 1. The molecule has 4 heterocycles. The average Bonchev–Trinajstić information content (AvgIpc) is 3.64. The molecule has 40 heavy (non-hydrogen) atoms. The summed E-state index contributed by atoms with van der Waals surface area (Å²) in [5.74, 6) is 0.181. The van der Waals surface area contributed by atoms with Crippen LogP contribution in [0.4, 0.5) is 4.79 Å². The SMILES string of the molecule is COC(=O)N1CC2(C1)N=C(c1ccc(-c3ccc4c(cnn4C)c3)cc1)N(C[C@@H]1CCN(C(=O)C(C)O)C1)C2=O. The predicted octanol–water partition coefficient (Wildman–Crippen LogP) is 1.88. The highest BCUT2D eigenvalue weighted by atomic mass is 16.5. The van der Waals surface area contributed by atoms with Gasteiger partial charge in [-0.1, -0.05) is 30.3 Å². The number of hydrogen-bond acceptors (Lipinski definition) is 7. The Labute approximate surface area is 231 Å². The van der Waals surface area contributed by atoms with Crippen LogP contribution in [-0.2, 0) is 21.4 Å². The van der Waals surface area contributed by atoms with Gasteiger partial charge in [0.15, 0.2) is 5.54 Å². The van der Waals surface area contributed by atoms with Crippen molar-refractivity contribution in [3.63, 3.8) is 0 Å². The molecule has 11 heteroatoms. The van der Waals surface area contributed by atoms with Crippen molar-refractivity contribution in [1.82, 2.24) is 24.5 Å². The van der Waals surface area contributed by atoms with Gasteiger partial charge in [-0.2, -0.15) is 5.10 Å². The molecule has 208 valence electrons. The largest absolute Gasteiger partial charge is 0.453 e. The summed E-state index contributed by atoms with van der Waals surface area (Å²) in [6, 6.07) is 14.2. The number of fused-ring (bicyclic) bond motifs is 1. The summed E-state index contributed by atoms with van der Waals surface area (Å²) >= 11 is 0. The number of hydrogen-bond donors (Lipinski definition) is 1. The molecule has 3 aromatic rings. The number of likely N-dealkylation sites (tertiary alicyclic amines) is 2. The van der Waals surface area contributed by atoms with Crippen LogP contribution in [0.25, 0.3) is 22.0 Å². The second-order valence-corrected chi connectivity index (χ2v) is 10.9. The Kier molecular flexibility index (Phi) is 6.33. The van der Waals surface area contributed by atoms with Gasteiger partial charge in [0.2, 0.25) is 0 Å². The molecule has 3 amide bonds. The molecule has 2 fully saturated rings. The molecule has 6 rings (SSSR count). The lowest BCUT2D eigenvalue weighted by molar-refractivity contribution is -0.138. The Morgan fingerprint density at radius 2 is 1.80 bits per heavy atom. The van der Waals surface area contributed by atoms with Crippen molar-refractivity contribution in [2.24, 2.45) is 18.0 Å². The summed E-state index contributed by atoms with van der Waals surface area (Å²) in [4.78, 5) is 47.9. The summed E-state index contributed by atoms with van der Waals surface area (Å²) < 4.78 is 6.67. The zero-order valence-corrected chi connectivity index (χ0v) is 22.8. The first kappa shape index (κ1) is 26.0. The molecule has 3 aliphatic rings. The first-order valence-electron chi connectivity index (χ1n) is 13.4. The summed E-state index contributed by atoms with van der Waals surface area (Å²) in [6.45, 7) is 3.22. The van der Waals surface area contributed by atoms with Crippen LogP contribution in [0.15, 0.2) is 53.7 Å². The standard InChI is InChI=1S/C29H32N6O5/c1-18(36)26(37)33-11-10-19(14-33)15-35-25(31-29(27(35)38)16-34(17-29)28(39)40-3)21-6-4-20(5-7-21)22-8-9-24-23(12-22)13-30-32(24)2/h4-9,12-13,18-19,36H,10-11,14-17H2,1-3H3/t18?,19-/m1/s1. The smallest absolute Gasteiger partial charge is 0.409 e. The lowest BCUT2D eigenvalue weighted by atomic mass is 9.90. The van der Waals surface area contributed by atoms with Crippen LogP contribution in [-0.4, -0.2) is 105 Å². The molecule has 1 aromatic heterocycles. The maximum absolute atomic E-state index is 13.8. The molecule has 0 aliphatic carbocycles. The number of ether oxygens (including phenoxy) is 1. The number of nitrogens with zero attached hydrogens (tertiary/aromatic N) is 6. The summed E-state index contributed by atoms with van der Waals surface area (Å²) in [6.07, 6.45) is 1.04. The quantitative estimate of drug-likeness (QED) is 0.524. The van der Waals surface area contributed by atoms with Gasteiger partial charge >= 0.3 is 6.09 Å². The minimum absolute atomic E-state index is 0.0502. The van der Waals surface area contributed by atoms with Crippen LogP contribution in [0.3, 0.4) is 0 Å². The van der Waals surface area contributed by atoms with E-state index in [0.29, 0.717) is 25.5 Å². The highest BCUT2D eigenvalue weighted by molar-refractivity contribution is 6.16. The van der Waals surface area contributed by atoms with E-state index in [1.807, 2.05) is 48.3 Å². The number of aromatic nitrogens is 2. The molecule has 0 saturated carbocycles. The lowest BCUT2D eigenvalue weighted by Gasteiger charge is -2.43. The fourth-order valence-electron chi connectivity index (χ4n) is 5.96. The molecular formula is C29H32N6O5. The van der Waals surface area contributed by atoms with Gasteiger partial charge in [-0.25, -0.2) is 9.79 Å². The van der Waals surface area contributed by atoms with Gasteiger partial charge in [0.05, 0.1) is 31.9 Å². The third kappa shape index (κ3) is 4.30. The Balaban J connectivity index is 1.27. The zero-order valence-electron chi connectivity index (χ0n) is 22.8. The van der Waals surface area contributed by atoms with Crippen molar-refractivity contribution < 1.29 is 24.2 Å². The van der Waals surface area contributed by atoms with Gasteiger partial charge in [-0.3, -0.25) is 19.2 Å². The Morgan fingerprint density at radius 1 is 1.10 bits per heavy atom. The number of aliphatic hydroxyl groups is 1. The van der Waals surface area contributed by atoms with Crippen molar-refractivity contribution in [2.45, 2.75) is 25.0 Å². The number of aryl methyl sites for hydroxylation is 1. The van der Waals surface area contributed by atoms with E-state index in [0.717, 1.165) is 34.0 Å². The number of rotatable bonds is 5. The number of aliphatic hydroxyl groups excluding tert-OH is 1. The van der Waals surface area contributed by atoms with E-state index >= 15 is 0 Å². The van der Waals surface area contributed by atoms with E-state index in [4.69, 9.17) is 9.73 Å². The van der Waals surface area contributed by atoms with Crippen molar-refractivity contribution in [3.05, 3.63) is 54.2 Å². The van der Waals surface area contributed by atoms with Crippen molar-refractivity contribution >= 4 is 34.6 Å². The van der Waals surface area contributed by atoms with Gasteiger partial charge in [0.1, 0.15) is 11.9 Å². The fraction of sp³-hybridized carbons (Fsp3) is 0.414. The van der Waals surface area contributed by atoms with Gasteiger partial charge in [-0.05, 0) is 42.5 Å². The first-order valence-corrected chi connectivity index (χ1v) is 13.4. The summed E-state index contributed by atoms with van der Waals surface area (Å²) in [5, 5.41) is 15.1. The van der Waals surface area contributed by atoms with Gasteiger partial charge < -0.3 is 19.6 Å². The highest BCUT2D eigenvalue weighted by Gasteiger charge is 2.58. The summed E-state index contributed by atoms with van der Waals surface area (Å²) in [5.41, 5.74) is 2.93. The third-order valence-corrected chi connectivity index (χ3v) is 8.17. The van der Waals surface area contributed by atoms with Crippen LogP contribution >= 0.6 is 0 Å². The first-order chi connectivity index (χ1) is 19.2. The second-order valence-electron chi connectivity index (χ2n) is 10.9. The lowest BCUT2D eigenvalue weighted by Crippen LogP contribution is -2.66. The molecule has 2 aromatic carbocycles. The minimum Gasteiger partial charge on any atom is -0.453 e. The normalized spacial score (nSPS) is 20.7.